The molecule has 1 atom stereocenters. The van der Waals surface area contributed by atoms with E-state index in [1.54, 1.807) is 0 Å². The van der Waals surface area contributed by atoms with Gasteiger partial charge in [0.05, 0.1) is 0 Å². The molecule has 4 rings (SSSR count). The Morgan fingerprint density at radius 3 is 2.50 bits per heavy atom. The van der Waals surface area contributed by atoms with Crippen LogP contribution in [0, 0.1) is 5.92 Å². The van der Waals surface area contributed by atoms with Gasteiger partial charge in [-0.2, -0.15) is 0 Å². The number of benzene rings is 1. The van der Waals surface area contributed by atoms with Crippen molar-refractivity contribution in [1.82, 2.24) is 14.8 Å². The lowest BCUT2D eigenvalue weighted by molar-refractivity contribution is -0.131. The van der Waals surface area contributed by atoms with Gasteiger partial charge in [-0.3, -0.25) is 9.69 Å². The molecule has 0 spiro atoms. The summed E-state index contributed by atoms with van der Waals surface area (Å²) in [6.45, 7) is 11.1. The van der Waals surface area contributed by atoms with E-state index in [4.69, 9.17) is 0 Å². The van der Waals surface area contributed by atoms with Crippen LogP contribution in [-0.2, 0) is 11.3 Å². The fourth-order valence-corrected chi connectivity index (χ4v) is 5.01. The number of amides is 1. The third kappa shape index (κ3) is 6.10. The van der Waals surface area contributed by atoms with Gasteiger partial charge in [0.2, 0.25) is 5.91 Å². The molecule has 172 valence electrons. The van der Waals surface area contributed by atoms with Gasteiger partial charge in [-0.25, -0.2) is 4.98 Å². The highest BCUT2D eigenvalue weighted by atomic mass is 16.2. The molecule has 0 N–H and O–H groups in total. The minimum Gasteiger partial charge on any atom is -0.353 e. The molecule has 2 aliphatic heterocycles. The summed E-state index contributed by atoms with van der Waals surface area (Å²) in [6.07, 6.45) is 6.03. The minimum atomic E-state index is 0.326. The number of rotatable bonds is 7. The molecular formula is C27H38N4O. The molecule has 0 radical (unpaired) electrons. The fourth-order valence-electron chi connectivity index (χ4n) is 5.01. The van der Waals surface area contributed by atoms with Crippen LogP contribution in [0.25, 0.3) is 0 Å². The summed E-state index contributed by atoms with van der Waals surface area (Å²) in [5.41, 5.74) is 2.81. The first-order chi connectivity index (χ1) is 15.6. The summed E-state index contributed by atoms with van der Waals surface area (Å²) in [6, 6.07) is 15.1. The van der Waals surface area contributed by atoms with Crippen molar-refractivity contribution in [3.8, 4) is 0 Å². The van der Waals surface area contributed by atoms with Crippen molar-refractivity contribution in [2.45, 2.75) is 52.0 Å². The van der Waals surface area contributed by atoms with E-state index in [0.29, 0.717) is 24.2 Å². The van der Waals surface area contributed by atoms with Gasteiger partial charge in [-0.1, -0.05) is 44.2 Å². The molecule has 32 heavy (non-hydrogen) atoms. The molecule has 5 heteroatoms. The summed E-state index contributed by atoms with van der Waals surface area (Å²) in [7, 11) is 0. The molecule has 1 amide bonds. The van der Waals surface area contributed by atoms with Gasteiger partial charge >= 0.3 is 0 Å². The van der Waals surface area contributed by atoms with Crippen LogP contribution in [0.2, 0.25) is 0 Å². The summed E-state index contributed by atoms with van der Waals surface area (Å²) in [4.78, 5) is 24.2. The van der Waals surface area contributed by atoms with Gasteiger partial charge < -0.3 is 9.80 Å². The first kappa shape index (κ1) is 22.8. The number of likely N-dealkylation sites (tertiary alicyclic amines) is 1. The van der Waals surface area contributed by atoms with Gasteiger partial charge in [0, 0.05) is 51.9 Å². The quantitative estimate of drug-likeness (QED) is 0.641. The Kier molecular flexibility index (Phi) is 7.80. The molecule has 3 heterocycles. The van der Waals surface area contributed by atoms with Crippen molar-refractivity contribution in [1.29, 1.82) is 0 Å². The van der Waals surface area contributed by atoms with E-state index in [0.717, 1.165) is 51.5 Å². The number of pyridine rings is 1. The number of nitrogens with zero attached hydrogens (tertiary/aromatic N) is 4. The predicted molar refractivity (Wildman–Crippen MR) is 131 cm³/mol. The van der Waals surface area contributed by atoms with E-state index in [1.807, 2.05) is 24.4 Å². The molecule has 1 aromatic carbocycles. The highest BCUT2D eigenvalue weighted by Gasteiger charge is 2.24. The molecule has 0 saturated carbocycles. The first-order valence-electron chi connectivity index (χ1n) is 12.3. The molecule has 2 aliphatic rings. The average molecular weight is 435 g/mol. The van der Waals surface area contributed by atoms with E-state index in [2.05, 4.69) is 57.8 Å². The molecule has 0 bridgehead atoms. The molecule has 2 saturated heterocycles. The third-order valence-electron chi connectivity index (χ3n) is 7.03. The van der Waals surface area contributed by atoms with Crippen molar-refractivity contribution >= 4 is 11.7 Å². The summed E-state index contributed by atoms with van der Waals surface area (Å²) >= 11 is 0. The van der Waals surface area contributed by atoms with Crippen molar-refractivity contribution in [2.75, 3.05) is 44.2 Å². The van der Waals surface area contributed by atoms with Crippen LogP contribution in [-0.4, -0.2) is 60.0 Å². The van der Waals surface area contributed by atoms with Crippen molar-refractivity contribution in [2.24, 2.45) is 5.92 Å². The summed E-state index contributed by atoms with van der Waals surface area (Å²) in [5.74, 6) is 2.56. The fraction of sp³-hybridized carbons (Fsp3) is 0.556. The van der Waals surface area contributed by atoms with Crippen LogP contribution in [0.3, 0.4) is 0 Å². The topological polar surface area (TPSA) is 39.7 Å². The second kappa shape index (κ2) is 11.0. The molecular weight excluding hydrogens is 396 g/mol. The summed E-state index contributed by atoms with van der Waals surface area (Å²) < 4.78 is 0. The second-order valence-corrected chi connectivity index (χ2v) is 9.73. The number of carbonyl (C=O) groups is 1. The first-order valence-corrected chi connectivity index (χ1v) is 12.3. The number of anilines is 1. The molecule has 2 fully saturated rings. The highest BCUT2D eigenvalue weighted by Crippen LogP contribution is 2.24. The van der Waals surface area contributed by atoms with Gasteiger partial charge in [0.15, 0.2) is 0 Å². The zero-order chi connectivity index (χ0) is 22.3. The number of hydrogen-bond acceptors (Lipinski definition) is 4. The number of piperazine rings is 1. The monoisotopic (exact) mass is 434 g/mol. The summed E-state index contributed by atoms with van der Waals surface area (Å²) in [5, 5.41) is 0. The van der Waals surface area contributed by atoms with Crippen LogP contribution in [0.1, 0.15) is 56.6 Å². The minimum absolute atomic E-state index is 0.326. The van der Waals surface area contributed by atoms with Crippen LogP contribution in [0.15, 0.2) is 48.7 Å². The van der Waals surface area contributed by atoms with E-state index in [1.165, 1.54) is 30.5 Å². The van der Waals surface area contributed by atoms with Gasteiger partial charge in [-0.15, -0.1) is 0 Å². The maximum absolute atomic E-state index is 12.8. The zero-order valence-electron chi connectivity index (χ0n) is 19.7. The van der Waals surface area contributed by atoms with Crippen LogP contribution in [0.4, 0.5) is 5.82 Å². The lowest BCUT2D eigenvalue weighted by Gasteiger charge is -2.36. The maximum atomic E-state index is 12.8. The number of hydrogen-bond donors (Lipinski definition) is 0. The van der Waals surface area contributed by atoms with E-state index in [9.17, 15) is 4.79 Å². The predicted octanol–water partition coefficient (Wildman–Crippen LogP) is 4.55. The smallest absolute Gasteiger partial charge is 0.222 e. The van der Waals surface area contributed by atoms with Crippen molar-refractivity contribution < 1.29 is 4.79 Å². The van der Waals surface area contributed by atoms with Crippen molar-refractivity contribution in [3.05, 3.63) is 59.8 Å². The number of piperidine rings is 1. The Bertz CT molecular complexity index is 844. The normalized spacial score (nSPS) is 20.0. The van der Waals surface area contributed by atoms with Crippen LogP contribution < -0.4 is 4.90 Å². The standard InChI is InChI=1S/C27H38N4O/c1-22(2)25-11-8-24(9-12-25)21-29-15-5-6-23(20-29)10-13-27(32)31-18-16-30(17-19-31)26-7-3-4-14-28-26/h3-4,7-9,11-12,14,22-23H,5-6,10,13,15-21H2,1-2H3/t23-/m1/s1. The molecule has 0 unspecified atom stereocenters. The molecule has 1 aromatic heterocycles. The molecule has 2 aromatic rings. The van der Waals surface area contributed by atoms with Crippen LogP contribution >= 0.6 is 0 Å². The Balaban J connectivity index is 1.19. The second-order valence-electron chi connectivity index (χ2n) is 9.73. The van der Waals surface area contributed by atoms with Gasteiger partial charge in [0.25, 0.3) is 0 Å². The SMILES string of the molecule is CC(C)c1ccc(CN2CCC[C@H](CCC(=O)N3CCN(c4ccccn4)CC3)C2)cc1. The number of aromatic nitrogens is 1. The van der Waals surface area contributed by atoms with Gasteiger partial charge in [-0.05, 0) is 60.9 Å². The Morgan fingerprint density at radius 2 is 1.81 bits per heavy atom. The van der Waals surface area contributed by atoms with E-state index >= 15 is 0 Å². The molecule has 0 aliphatic carbocycles. The zero-order valence-corrected chi connectivity index (χ0v) is 19.7. The van der Waals surface area contributed by atoms with Crippen molar-refractivity contribution in [3.63, 3.8) is 0 Å². The average Bonchev–Trinajstić information content (AvgIpc) is 2.84. The highest BCUT2D eigenvalue weighted by molar-refractivity contribution is 5.76. The molecule has 5 nitrogen and oxygen atoms in total. The van der Waals surface area contributed by atoms with E-state index in [-0.39, 0.29) is 0 Å². The third-order valence-corrected chi connectivity index (χ3v) is 7.03. The lowest BCUT2D eigenvalue weighted by atomic mass is 9.92. The Morgan fingerprint density at radius 1 is 1.03 bits per heavy atom. The number of carbonyl (C=O) groups excluding carboxylic acids is 1. The Labute approximate surface area is 193 Å². The largest absolute Gasteiger partial charge is 0.353 e. The van der Waals surface area contributed by atoms with Crippen LogP contribution in [0.5, 0.6) is 0 Å². The lowest BCUT2D eigenvalue weighted by Crippen LogP contribution is -2.49. The Hall–Kier alpha value is -2.40. The van der Waals surface area contributed by atoms with E-state index < -0.39 is 0 Å². The maximum Gasteiger partial charge on any atom is 0.222 e. The van der Waals surface area contributed by atoms with Gasteiger partial charge in [0.1, 0.15) is 5.82 Å².